The molecule has 120 valence electrons. The summed E-state index contributed by atoms with van der Waals surface area (Å²) in [5.41, 5.74) is 2.65. The Hall–Kier alpha value is -2.07. The van der Waals surface area contributed by atoms with Crippen LogP contribution in [-0.2, 0) is 4.79 Å². The third-order valence-electron chi connectivity index (χ3n) is 3.34. The fourth-order valence-corrected chi connectivity index (χ4v) is 2.94. The summed E-state index contributed by atoms with van der Waals surface area (Å²) in [4.78, 5) is 24.8. The SMILES string of the molecule is CCCC(=O)Nc1cccc(SCC(=O)c2ccc(C)cc2)c1. The molecule has 0 aliphatic carbocycles. The van der Waals surface area contributed by atoms with E-state index in [0.717, 1.165) is 28.1 Å². The van der Waals surface area contributed by atoms with Gasteiger partial charge in [0.2, 0.25) is 5.91 Å². The number of hydrogen-bond acceptors (Lipinski definition) is 3. The first-order valence-electron chi connectivity index (χ1n) is 7.71. The number of anilines is 1. The van der Waals surface area contributed by atoms with Gasteiger partial charge in [0.15, 0.2) is 5.78 Å². The van der Waals surface area contributed by atoms with Gasteiger partial charge in [-0.15, -0.1) is 11.8 Å². The first kappa shape index (κ1) is 17.3. The molecule has 1 amide bonds. The molecule has 0 atom stereocenters. The molecule has 0 saturated carbocycles. The fourth-order valence-electron chi connectivity index (χ4n) is 2.09. The minimum absolute atomic E-state index is 0.0189. The number of aryl methyl sites for hydroxylation is 1. The number of rotatable bonds is 7. The zero-order valence-corrected chi connectivity index (χ0v) is 14.3. The third kappa shape index (κ3) is 5.57. The van der Waals surface area contributed by atoms with E-state index in [2.05, 4.69) is 5.32 Å². The summed E-state index contributed by atoms with van der Waals surface area (Å²) >= 11 is 1.48. The summed E-state index contributed by atoms with van der Waals surface area (Å²) in [5.74, 6) is 0.510. The molecule has 2 aromatic carbocycles. The Morgan fingerprint density at radius 2 is 1.83 bits per heavy atom. The number of amides is 1. The van der Waals surface area contributed by atoms with E-state index in [1.54, 1.807) is 0 Å². The van der Waals surface area contributed by atoms with Gasteiger partial charge < -0.3 is 5.32 Å². The quantitative estimate of drug-likeness (QED) is 0.592. The zero-order valence-electron chi connectivity index (χ0n) is 13.5. The first-order valence-corrected chi connectivity index (χ1v) is 8.69. The fraction of sp³-hybridized carbons (Fsp3) is 0.263. The van der Waals surface area contributed by atoms with Crippen LogP contribution in [0.1, 0.15) is 35.7 Å². The van der Waals surface area contributed by atoms with Crippen molar-refractivity contribution >= 4 is 29.1 Å². The average Bonchev–Trinajstić information content (AvgIpc) is 2.54. The van der Waals surface area contributed by atoms with Crippen molar-refractivity contribution in [3.8, 4) is 0 Å². The molecule has 1 N–H and O–H groups in total. The maximum Gasteiger partial charge on any atom is 0.224 e. The Bertz CT molecular complexity index is 680. The molecule has 0 fully saturated rings. The lowest BCUT2D eigenvalue weighted by atomic mass is 10.1. The minimum atomic E-state index is 0.0189. The number of hydrogen-bond donors (Lipinski definition) is 1. The van der Waals surface area contributed by atoms with Gasteiger partial charge in [-0.1, -0.05) is 42.8 Å². The highest BCUT2D eigenvalue weighted by atomic mass is 32.2. The summed E-state index contributed by atoms with van der Waals surface area (Å²) in [6.45, 7) is 3.98. The van der Waals surface area contributed by atoms with Crippen LogP contribution in [0.5, 0.6) is 0 Å². The van der Waals surface area contributed by atoms with Crippen molar-refractivity contribution in [1.82, 2.24) is 0 Å². The van der Waals surface area contributed by atoms with Crippen LogP contribution in [0.15, 0.2) is 53.4 Å². The van der Waals surface area contributed by atoms with E-state index < -0.39 is 0 Å². The van der Waals surface area contributed by atoms with Crippen molar-refractivity contribution in [2.45, 2.75) is 31.6 Å². The number of carbonyl (C=O) groups is 2. The molecule has 0 spiro atoms. The second kappa shape index (κ2) is 8.53. The van der Waals surface area contributed by atoms with Crippen molar-refractivity contribution in [3.63, 3.8) is 0 Å². The molecular formula is C19H21NO2S. The van der Waals surface area contributed by atoms with Gasteiger partial charge in [0.1, 0.15) is 0 Å². The van der Waals surface area contributed by atoms with Crippen molar-refractivity contribution in [1.29, 1.82) is 0 Å². The molecule has 0 aliphatic rings. The van der Waals surface area contributed by atoms with Crippen LogP contribution in [0, 0.1) is 6.92 Å². The standard InChI is InChI=1S/C19H21NO2S/c1-3-5-19(22)20-16-6-4-7-17(12-16)23-13-18(21)15-10-8-14(2)9-11-15/h4,6-12H,3,5,13H2,1-2H3,(H,20,22). The van der Waals surface area contributed by atoms with Crippen LogP contribution < -0.4 is 5.32 Å². The molecule has 0 unspecified atom stereocenters. The predicted molar refractivity (Wildman–Crippen MR) is 96.2 cm³/mol. The molecule has 0 heterocycles. The normalized spacial score (nSPS) is 10.3. The second-order valence-electron chi connectivity index (χ2n) is 5.40. The number of carbonyl (C=O) groups excluding carboxylic acids is 2. The van der Waals surface area contributed by atoms with Crippen LogP contribution in [-0.4, -0.2) is 17.4 Å². The summed E-state index contributed by atoms with van der Waals surface area (Å²) in [7, 11) is 0. The summed E-state index contributed by atoms with van der Waals surface area (Å²) in [6.07, 6.45) is 1.34. The van der Waals surface area contributed by atoms with E-state index in [9.17, 15) is 9.59 Å². The Labute approximate surface area is 141 Å². The molecule has 0 bridgehead atoms. The molecule has 0 saturated heterocycles. The lowest BCUT2D eigenvalue weighted by Gasteiger charge is -2.07. The lowest BCUT2D eigenvalue weighted by molar-refractivity contribution is -0.116. The Morgan fingerprint density at radius 1 is 1.09 bits per heavy atom. The Balaban J connectivity index is 1.94. The smallest absolute Gasteiger partial charge is 0.224 e. The van der Waals surface area contributed by atoms with Crippen LogP contribution in [0.4, 0.5) is 5.69 Å². The van der Waals surface area contributed by atoms with Crippen molar-refractivity contribution in [2.75, 3.05) is 11.1 Å². The highest BCUT2D eigenvalue weighted by molar-refractivity contribution is 8.00. The molecule has 2 aromatic rings. The molecule has 4 heteroatoms. The van der Waals surface area contributed by atoms with Crippen molar-refractivity contribution in [3.05, 3.63) is 59.7 Å². The van der Waals surface area contributed by atoms with Gasteiger partial charge >= 0.3 is 0 Å². The highest BCUT2D eigenvalue weighted by Crippen LogP contribution is 2.23. The molecule has 2 rings (SSSR count). The van der Waals surface area contributed by atoms with Gasteiger partial charge in [0, 0.05) is 22.6 Å². The van der Waals surface area contributed by atoms with Gasteiger partial charge in [-0.25, -0.2) is 0 Å². The Kier molecular flexibility index (Phi) is 6.41. The summed E-state index contributed by atoms with van der Waals surface area (Å²) < 4.78 is 0. The van der Waals surface area contributed by atoms with Crippen LogP contribution >= 0.6 is 11.8 Å². The van der Waals surface area contributed by atoms with Gasteiger partial charge in [-0.05, 0) is 31.5 Å². The van der Waals surface area contributed by atoms with E-state index in [1.807, 2.05) is 62.4 Å². The number of thioether (sulfide) groups is 1. The van der Waals surface area contributed by atoms with Crippen LogP contribution in [0.2, 0.25) is 0 Å². The topological polar surface area (TPSA) is 46.2 Å². The van der Waals surface area contributed by atoms with Crippen molar-refractivity contribution in [2.24, 2.45) is 0 Å². The molecule has 3 nitrogen and oxygen atoms in total. The van der Waals surface area contributed by atoms with Gasteiger partial charge in [-0.3, -0.25) is 9.59 Å². The van der Waals surface area contributed by atoms with Gasteiger partial charge in [0.25, 0.3) is 0 Å². The molecule has 0 radical (unpaired) electrons. The minimum Gasteiger partial charge on any atom is -0.326 e. The zero-order chi connectivity index (χ0) is 16.7. The lowest BCUT2D eigenvalue weighted by Crippen LogP contribution is -2.10. The molecule has 0 aromatic heterocycles. The number of benzene rings is 2. The first-order chi connectivity index (χ1) is 11.1. The van der Waals surface area contributed by atoms with Crippen LogP contribution in [0.3, 0.4) is 0 Å². The largest absolute Gasteiger partial charge is 0.326 e. The van der Waals surface area contributed by atoms with Crippen LogP contribution in [0.25, 0.3) is 0 Å². The van der Waals surface area contributed by atoms with Gasteiger partial charge in [0.05, 0.1) is 5.75 Å². The monoisotopic (exact) mass is 327 g/mol. The maximum absolute atomic E-state index is 12.2. The summed E-state index contributed by atoms with van der Waals surface area (Å²) in [5, 5.41) is 2.87. The second-order valence-corrected chi connectivity index (χ2v) is 6.45. The average molecular weight is 327 g/mol. The highest BCUT2D eigenvalue weighted by Gasteiger charge is 2.07. The number of nitrogens with one attached hydrogen (secondary N) is 1. The third-order valence-corrected chi connectivity index (χ3v) is 4.33. The van der Waals surface area contributed by atoms with E-state index >= 15 is 0 Å². The number of ketones is 1. The molecule has 23 heavy (non-hydrogen) atoms. The summed E-state index contributed by atoms with van der Waals surface area (Å²) in [6, 6.07) is 15.2. The predicted octanol–water partition coefficient (Wildman–Crippen LogP) is 4.71. The van der Waals surface area contributed by atoms with E-state index in [0.29, 0.717) is 12.2 Å². The van der Waals surface area contributed by atoms with E-state index in [1.165, 1.54) is 11.8 Å². The Morgan fingerprint density at radius 3 is 2.52 bits per heavy atom. The van der Waals surface area contributed by atoms with E-state index in [-0.39, 0.29) is 11.7 Å². The number of Topliss-reactive ketones (excluding diaryl/α,β-unsaturated/α-hetero) is 1. The van der Waals surface area contributed by atoms with Crippen molar-refractivity contribution < 1.29 is 9.59 Å². The molecular weight excluding hydrogens is 306 g/mol. The molecule has 0 aliphatic heterocycles. The van der Waals surface area contributed by atoms with Gasteiger partial charge in [-0.2, -0.15) is 0 Å². The maximum atomic E-state index is 12.2. The van der Waals surface area contributed by atoms with E-state index in [4.69, 9.17) is 0 Å².